The third kappa shape index (κ3) is 6.34. The zero-order chi connectivity index (χ0) is 32.9. The molecule has 240 valence electrons. The van der Waals surface area contributed by atoms with Gasteiger partial charge in [-0.25, -0.2) is 0 Å². The second-order valence-electron chi connectivity index (χ2n) is 15.0. The van der Waals surface area contributed by atoms with Gasteiger partial charge in [0, 0.05) is 65.4 Å². The molecule has 0 bridgehead atoms. The molecule has 0 saturated heterocycles. The van der Waals surface area contributed by atoms with E-state index in [1.807, 2.05) is 36.9 Å². The number of hydrogen-bond donors (Lipinski definition) is 0. The Morgan fingerprint density at radius 2 is 1.33 bits per heavy atom. The number of hydrogen-bond acceptors (Lipinski definition) is 5. The molecule has 0 radical (unpaired) electrons. The molecule has 0 amide bonds. The van der Waals surface area contributed by atoms with Gasteiger partial charge < -0.3 is 0 Å². The highest BCUT2D eigenvalue weighted by atomic mass is 15.1. The predicted molar refractivity (Wildman–Crippen MR) is 190 cm³/mol. The summed E-state index contributed by atoms with van der Waals surface area (Å²) in [5.41, 5.74) is 3.92. The van der Waals surface area contributed by atoms with E-state index >= 15 is 0 Å². The first-order chi connectivity index (χ1) is 21.9. The lowest BCUT2D eigenvalue weighted by Crippen LogP contribution is -2.51. The molecule has 4 atom stereocenters. The molecule has 1 aliphatic rings. The smallest absolute Gasteiger partial charge is 0.0687 e. The van der Waals surface area contributed by atoms with Crippen LogP contribution in [0.25, 0.3) is 0 Å². The van der Waals surface area contributed by atoms with Gasteiger partial charge in [0.2, 0.25) is 0 Å². The number of rotatable bonds is 13. The van der Waals surface area contributed by atoms with Crippen molar-refractivity contribution >= 4 is 6.21 Å². The van der Waals surface area contributed by atoms with Crippen molar-refractivity contribution in [1.29, 1.82) is 0 Å². The highest BCUT2D eigenvalue weighted by Crippen LogP contribution is 2.57. The van der Waals surface area contributed by atoms with Crippen LogP contribution in [0.4, 0.5) is 0 Å². The molecule has 0 aliphatic carbocycles. The lowest BCUT2D eigenvalue weighted by atomic mass is 9.50. The second kappa shape index (κ2) is 13.4. The van der Waals surface area contributed by atoms with Crippen molar-refractivity contribution in [1.82, 2.24) is 20.2 Å². The van der Waals surface area contributed by atoms with Gasteiger partial charge in [-0.2, -0.15) is 10.2 Å². The van der Waals surface area contributed by atoms with Gasteiger partial charge in [-0.05, 0) is 90.1 Å². The number of pyridine rings is 2. The lowest BCUT2D eigenvalue weighted by molar-refractivity contribution is 0.0532. The summed E-state index contributed by atoms with van der Waals surface area (Å²) in [5, 5.41) is 8.76. The second-order valence-corrected chi connectivity index (χ2v) is 15.0. The van der Waals surface area contributed by atoms with Crippen LogP contribution in [-0.2, 0) is 21.7 Å². The summed E-state index contributed by atoms with van der Waals surface area (Å²) in [6, 6.07) is 25.9. The van der Waals surface area contributed by atoms with E-state index in [2.05, 4.69) is 136 Å². The average Bonchev–Trinajstić information content (AvgIpc) is 3.11. The van der Waals surface area contributed by atoms with Crippen molar-refractivity contribution in [3.63, 3.8) is 0 Å². The van der Waals surface area contributed by atoms with Crippen LogP contribution in [0.1, 0.15) is 96.7 Å². The Kier molecular flexibility index (Phi) is 9.72. The topological polar surface area (TPSA) is 63.9 Å². The first-order valence-corrected chi connectivity index (χ1v) is 16.8. The Bertz CT molecular complexity index is 1600. The first kappa shape index (κ1) is 33.4. The molecule has 5 rings (SSSR count). The molecule has 4 unspecified atom stereocenters. The molecule has 0 fully saturated rings. The van der Waals surface area contributed by atoms with Crippen LogP contribution >= 0.6 is 0 Å². The maximum Gasteiger partial charge on any atom is 0.0687 e. The van der Waals surface area contributed by atoms with Gasteiger partial charge in [-0.1, -0.05) is 90.9 Å². The molecule has 0 saturated carbocycles. The maximum absolute atomic E-state index is 5.02. The first-order valence-electron chi connectivity index (χ1n) is 16.8. The molecule has 3 aromatic heterocycles. The Balaban J connectivity index is 1.61. The van der Waals surface area contributed by atoms with Gasteiger partial charge in [-0.15, -0.1) is 0 Å². The van der Waals surface area contributed by atoms with Crippen LogP contribution in [0.3, 0.4) is 0 Å². The molecule has 5 nitrogen and oxygen atoms in total. The Labute approximate surface area is 276 Å². The Morgan fingerprint density at radius 1 is 0.630 bits per heavy atom. The molecular weight excluding hydrogens is 562 g/mol. The van der Waals surface area contributed by atoms with Crippen molar-refractivity contribution in [2.24, 2.45) is 16.3 Å². The largest absolute Gasteiger partial charge is 0.293 e. The molecule has 5 heteroatoms. The minimum Gasteiger partial charge on any atom is -0.293 e. The zero-order valence-corrected chi connectivity index (χ0v) is 28.8. The quantitative estimate of drug-likeness (QED) is 0.151. The normalized spacial score (nSPS) is 19.2. The van der Waals surface area contributed by atoms with Gasteiger partial charge in [0.05, 0.1) is 5.69 Å². The summed E-state index contributed by atoms with van der Waals surface area (Å²) in [4.78, 5) is 14.3. The van der Waals surface area contributed by atoms with Crippen LogP contribution in [-0.4, -0.2) is 32.9 Å². The standard InChI is InChI=1S/C41H51N5/c1-37(2,35-19-14-28-45-46-35)22-23-39(5,33-20-29-42-30-21-33)40(6,34-17-13-26-43-31-34)24-25-41(7,36-18-11-12-27-44-36)38(3,4)32-15-9-8-10-16-32/h8-21,26-30,34H,22-25,31H2,1-7H3. The fraction of sp³-hybridized carbons (Fsp3) is 0.439. The summed E-state index contributed by atoms with van der Waals surface area (Å²) >= 11 is 0. The van der Waals surface area contributed by atoms with Gasteiger partial charge in [0.1, 0.15) is 0 Å². The minimum absolute atomic E-state index is 0.137. The fourth-order valence-corrected chi connectivity index (χ4v) is 7.73. The highest BCUT2D eigenvalue weighted by molar-refractivity contribution is 5.72. The zero-order valence-electron chi connectivity index (χ0n) is 28.8. The summed E-state index contributed by atoms with van der Waals surface area (Å²) < 4.78 is 0. The van der Waals surface area contributed by atoms with Crippen LogP contribution in [0.2, 0.25) is 0 Å². The maximum atomic E-state index is 5.02. The monoisotopic (exact) mass is 613 g/mol. The Morgan fingerprint density at radius 3 is 1.96 bits per heavy atom. The predicted octanol–water partition coefficient (Wildman–Crippen LogP) is 9.26. The van der Waals surface area contributed by atoms with Crippen molar-refractivity contribution in [3.05, 3.63) is 132 Å². The summed E-state index contributed by atoms with van der Waals surface area (Å²) in [6.45, 7) is 17.6. The van der Waals surface area contributed by atoms with E-state index < -0.39 is 0 Å². The molecule has 0 N–H and O–H groups in total. The molecule has 0 spiro atoms. The number of dihydropyridines is 1. The molecular formula is C41H51N5. The van der Waals surface area contributed by atoms with Crippen molar-refractivity contribution in [2.45, 2.75) is 95.8 Å². The number of allylic oxidation sites excluding steroid dienone is 1. The molecule has 4 aromatic rings. The van der Waals surface area contributed by atoms with E-state index in [1.54, 1.807) is 6.20 Å². The summed E-state index contributed by atoms with van der Waals surface area (Å²) in [6.07, 6.45) is 18.0. The van der Waals surface area contributed by atoms with E-state index in [9.17, 15) is 0 Å². The van der Waals surface area contributed by atoms with Gasteiger partial charge in [0.25, 0.3) is 0 Å². The van der Waals surface area contributed by atoms with E-state index in [4.69, 9.17) is 9.98 Å². The minimum atomic E-state index is -0.240. The van der Waals surface area contributed by atoms with Crippen LogP contribution < -0.4 is 0 Å². The van der Waals surface area contributed by atoms with E-state index in [0.717, 1.165) is 43.6 Å². The Hall–Kier alpha value is -3.99. The number of benzene rings is 1. The average molecular weight is 614 g/mol. The van der Waals surface area contributed by atoms with E-state index in [1.165, 1.54) is 11.1 Å². The SMILES string of the molecule is CC(C)(CCC(C)(c1ccncc1)C(C)(CCC(C)(c1ccccn1)C(C)(C)c1ccccc1)C1C=CC=NC1)c1cccnn1. The van der Waals surface area contributed by atoms with Crippen LogP contribution in [0.15, 0.2) is 115 Å². The van der Waals surface area contributed by atoms with E-state index in [-0.39, 0.29) is 33.0 Å². The third-order valence-corrected chi connectivity index (χ3v) is 12.0. The van der Waals surface area contributed by atoms with Gasteiger partial charge in [0.15, 0.2) is 0 Å². The molecule has 4 heterocycles. The van der Waals surface area contributed by atoms with Crippen molar-refractivity contribution < 1.29 is 0 Å². The van der Waals surface area contributed by atoms with Gasteiger partial charge in [-0.3, -0.25) is 15.0 Å². The fourth-order valence-electron chi connectivity index (χ4n) is 7.73. The highest BCUT2D eigenvalue weighted by Gasteiger charge is 2.53. The van der Waals surface area contributed by atoms with Gasteiger partial charge >= 0.3 is 0 Å². The summed E-state index contributed by atoms with van der Waals surface area (Å²) in [7, 11) is 0. The lowest BCUT2D eigenvalue weighted by Gasteiger charge is -2.54. The summed E-state index contributed by atoms with van der Waals surface area (Å²) in [5.74, 6) is 0.267. The molecule has 1 aliphatic heterocycles. The van der Waals surface area contributed by atoms with Crippen molar-refractivity contribution in [3.8, 4) is 0 Å². The number of nitrogens with zero attached hydrogens (tertiary/aromatic N) is 5. The van der Waals surface area contributed by atoms with Crippen LogP contribution in [0.5, 0.6) is 0 Å². The number of aliphatic imine (C=N–C) groups is 1. The molecule has 46 heavy (non-hydrogen) atoms. The molecule has 1 aromatic carbocycles. The van der Waals surface area contributed by atoms with Crippen LogP contribution in [0, 0.1) is 11.3 Å². The van der Waals surface area contributed by atoms with E-state index in [0.29, 0.717) is 0 Å². The number of aromatic nitrogens is 4. The third-order valence-electron chi connectivity index (χ3n) is 12.0. The van der Waals surface area contributed by atoms with Crippen molar-refractivity contribution in [2.75, 3.05) is 6.54 Å².